The van der Waals surface area contributed by atoms with Crippen molar-refractivity contribution in [2.45, 2.75) is 50.4 Å². The SMILES string of the molecule is [2H]C([2H])([2H])OC1=NOC2(CCC(C)N3CC2n2cc(C(=O)NCc4ccc(F)cc4F)c(=O)c(O)c2C3=O)C1. The lowest BCUT2D eigenvalue weighted by Gasteiger charge is -2.41. The number of methoxy groups -OCH3 is 1. The molecule has 1 aromatic carbocycles. The molecule has 3 atom stereocenters. The summed E-state index contributed by atoms with van der Waals surface area (Å²) in [5.41, 5.74) is -3.22. The number of fused-ring (bicyclic) bond motifs is 5. The van der Waals surface area contributed by atoms with Gasteiger partial charge in [0.05, 0.1) is 23.6 Å². The molecule has 190 valence electrons. The molecule has 12 heteroatoms. The van der Waals surface area contributed by atoms with E-state index in [0.717, 1.165) is 18.3 Å². The van der Waals surface area contributed by atoms with Gasteiger partial charge in [-0.1, -0.05) is 11.2 Å². The van der Waals surface area contributed by atoms with Gasteiger partial charge in [0.2, 0.25) is 11.3 Å². The second-order valence-electron chi connectivity index (χ2n) is 9.18. The number of benzene rings is 1. The Kier molecular flexibility index (Phi) is 4.84. The third-order valence-corrected chi connectivity index (χ3v) is 7.10. The maximum atomic E-state index is 14.0. The molecule has 1 aromatic heterocycles. The summed E-state index contributed by atoms with van der Waals surface area (Å²) < 4.78 is 55.6. The van der Waals surface area contributed by atoms with E-state index in [-0.39, 0.29) is 42.7 Å². The van der Waals surface area contributed by atoms with Gasteiger partial charge in [-0.2, -0.15) is 0 Å². The summed E-state index contributed by atoms with van der Waals surface area (Å²) in [6, 6.07) is 1.71. The van der Waals surface area contributed by atoms with Gasteiger partial charge in [-0.25, -0.2) is 8.78 Å². The molecule has 2 aromatic rings. The third kappa shape index (κ3) is 3.67. The van der Waals surface area contributed by atoms with Crippen molar-refractivity contribution in [2.75, 3.05) is 13.6 Å². The number of halogens is 2. The largest absolute Gasteiger partial charge is 0.503 e. The van der Waals surface area contributed by atoms with Crippen LogP contribution in [0.5, 0.6) is 5.75 Å². The van der Waals surface area contributed by atoms with Crippen LogP contribution in [0.25, 0.3) is 0 Å². The highest BCUT2D eigenvalue weighted by atomic mass is 19.1. The van der Waals surface area contributed by atoms with Gasteiger partial charge in [-0.3, -0.25) is 14.4 Å². The highest BCUT2D eigenvalue weighted by Gasteiger charge is 2.54. The van der Waals surface area contributed by atoms with Crippen LogP contribution >= 0.6 is 0 Å². The fourth-order valence-corrected chi connectivity index (χ4v) is 5.07. The Morgan fingerprint density at radius 3 is 2.97 bits per heavy atom. The van der Waals surface area contributed by atoms with Gasteiger partial charge in [0.25, 0.3) is 11.8 Å². The molecular formula is C24H24F2N4O6. The summed E-state index contributed by atoms with van der Waals surface area (Å²) in [5, 5.41) is 17.0. The van der Waals surface area contributed by atoms with E-state index < -0.39 is 58.9 Å². The molecule has 0 radical (unpaired) electrons. The van der Waals surface area contributed by atoms with E-state index in [9.17, 15) is 28.3 Å². The number of amides is 2. The molecule has 1 fully saturated rings. The Labute approximate surface area is 208 Å². The minimum atomic E-state index is -2.77. The van der Waals surface area contributed by atoms with Gasteiger partial charge in [-0.05, 0) is 25.8 Å². The van der Waals surface area contributed by atoms with Crippen LogP contribution in [0.4, 0.5) is 8.78 Å². The van der Waals surface area contributed by atoms with Crippen molar-refractivity contribution in [3.63, 3.8) is 0 Å². The van der Waals surface area contributed by atoms with Crippen LogP contribution in [0.3, 0.4) is 0 Å². The zero-order valence-electron chi connectivity index (χ0n) is 22.1. The lowest BCUT2D eigenvalue weighted by Crippen LogP contribution is -2.52. The van der Waals surface area contributed by atoms with E-state index in [2.05, 4.69) is 10.5 Å². The topological polar surface area (TPSA) is 122 Å². The normalized spacial score (nSPS) is 26.2. The van der Waals surface area contributed by atoms with Crippen LogP contribution in [0.1, 0.15) is 62.8 Å². The van der Waals surface area contributed by atoms with E-state index in [1.54, 1.807) is 6.92 Å². The van der Waals surface area contributed by atoms with Gasteiger partial charge < -0.3 is 29.5 Å². The Balaban J connectivity index is 1.52. The molecular weight excluding hydrogens is 478 g/mol. The lowest BCUT2D eigenvalue weighted by atomic mass is 9.85. The number of nitrogens with one attached hydrogen (secondary N) is 1. The molecule has 0 saturated carbocycles. The van der Waals surface area contributed by atoms with Gasteiger partial charge >= 0.3 is 0 Å². The van der Waals surface area contributed by atoms with Crippen LogP contribution in [0.2, 0.25) is 0 Å². The molecule has 36 heavy (non-hydrogen) atoms. The molecule has 1 spiro atoms. The molecule has 2 amide bonds. The maximum absolute atomic E-state index is 14.0. The predicted octanol–water partition coefficient (Wildman–Crippen LogP) is 2.06. The average Bonchev–Trinajstić information content (AvgIpc) is 3.20. The first-order valence-electron chi connectivity index (χ1n) is 12.7. The van der Waals surface area contributed by atoms with Gasteiger partial charge in [-0.15, -0.1) is 0 Å². The number of rotatable bonds is 3. The van der Waals surface area contributed by atoms with Crippen molar-refractivity contribution in [1.82, 2.24) is 14.8 Å². The number of ether oxygens (including phenoxy) is 1. The van der Waals surface area contributed by atoms with Crippen molar-refractivity contribution in [2.24, 2.45) is 5.16 Å². The monoisotopic (exact) mass is 505 g/mol. The summed E-state index contributed by atoms with van der Waals surface area (Å²) in [5.74, 6) is -4.39. The molecule has 0 aliphatic carbocycles. The molecule has 2 N–H and O–H groups in total. The van der Waals surface area contributed by atoms with Gasteiger partial charge in [0, 0.05) is 37.0 Å². The second kappa shape index (κ2) is 8.61. The Bertz CT molecular complexity index is 1460. The van der Waals surface area contributed by atoms with Crippen molar-refractivity contribution in [1.29, 1.82) is 0 Å². The second-order valence-corrected chi connectivity index (χ2v) is 9.18. The Hall–Kier alpha value is -3.96. The molecule has 3 unspecified atom stereocenters. The van der Waals surface area contributed by atoms with Crippen LogP contribution in [-0.4, -0.2) is 57.5 Å². The van der Waals surface area contributed by atoms with Crippen LogP contribution in [0, 0.1) is 11.6 Å². The van der Waals surface area contributed by atoms with Crippen molar-refractivity contribution >= 4 is 17.7 Å². The first-order chi connectivity index (χ1) is 18.3. The van der Waals surface area contributed by atoms with Crippen molar-refractivity contribution < 1.29 is 37.2 Å². The fraction of sp³-hybridized carbons (Fsp3) is 0.417. The van der Waals surface area contributed by atoms with E-state index >= 15 is 0 Å². The minimum absolute atomic E-state index is 0.0344. The zero-order valence-corrected chi connectivity index (χ0v) is 19.1. The standard InChI is InChI=1S/C24H24F2N4O6/c1-12-5-6-24(8-18(35-2)28-36-24)17-11-29(12)23(34)19-21(32)20(31)15(10-30(17)19)22(33)27-9-13-3-4-14(25)7-16(13)26/h3-4,7,10,12,17,32H,5-6,8-9,11H2,1-2H3,(H,27,33)/i2D3. The van der Waals surface area contributed by atoms with Crippen LogP contribution in [0.15, 0.2) is 34.3 Å². The van der Waals surface area contributed by atoms with Gasteiger partial charge in [0.15, 0.2) is 17.0 Å². The summed E-state index contributed by atoms with van der Waals surface area (Å²) >= 11 is 0. The molecule has 3 aliphatic rings. The van der Waals surface area contributed by atoms with Crippen LogP contribution in [-0.2, 0) is 16.1 Å². The molecule has 4 heterocycles. The number of carbonyl (C=O) groups is 2. The number of aromatic hydroxyl groups is 1. The predicted molar refractivity (Wildman–Crippen MR) is 122 cm³/mol. The smallest absolute Gasteiger partial charge is 0.274 e. The number of oxime groups is 1. The molecule has 10 nitrogen and oxygen atoms in total. The number of carbonyl (C=O) groups excluding carboxylic acids is 2. The Morgan fingerprint density at radius 1 is 1.42 bits per heavy atom. The molecule has 2 bridgehead atoms. The highest BCUT2D eigenvalue weighted by molar-refractivity contribution is 5.99. The quantitative estimate of drug-likeness (QED) is 0.659. The molecule has 1 saturated heterocycles. The van der Waals surface area contributed by atoms with Gasteiger partial charge in [0.1, 0.15) is 17.2 Å². The lowest BCUT2D eigenvalue weighted by molar-refractivity contribution is -0.0655. The summed E-state index contributed by atoms with van der Waals surface area (Å²) in [6.07, 6.45) is 1.81. The number of pyridine rings is 1. The zero-order chi connectivity index (χ0) is 28.3. The number of nitrogens with zero attached hydrogens (tertiary/aromatic N) is 3. The average molecular weight is 505 g/mol. The van der Waals surface area contributed by atoms with Crippen molar-refractivity contribution in [3.8, 4) is 5.75 Å². The van der Waals surface area contributed by atoms with E-state index in [1.165, 1.54) is 9.47 Å². The fourth-order valence-electron chi connectivity index (χ4n) is 5.07. The third-order valence-electron chi connectivity index (χ3n) is 7.10. The first kappa shape index (κ1) is 20.3. The van der Waals surface area contributed by atoms with E-state index in [4.69, 9.17) is 13.7 Å². The number of hydrogen-bond donors (Lipinski definition) is 2. The molecule has 3 aliphatic heterocycles. The summed E-state index contributed by atoms with van der Waals surface area (Å²) in [6.45, 7) is 1.48. The summed E-state index contributed by atoms with van der Waals surface area (Å²) in [7, 11) is -2.77. The molecule has 5 rings (SSSR count). The first-order valence-corrected chi connectivity index (χ1v) is 11.2. The van der Waals surface area contributed by atoms with Crippen LogP contribution < -0.4 is 10.7 Å². The summed E-state index contributed by atoms with van der Waals surface area (Å²) in [4.78, 5) is 46.6. The van der Waals surface area contributed by atoms with E-state index in [1.807, 2.05) is 0 Å². The maximum Gasteiger partial charge on any atom is 0.274 e. The highest BCUT2D eigenvalue weighted by Crippen LogP contribution is 2.46. The van der Waals surface area contributed by atoms with Crippen molar-refractivity contribution in [3.05, 3.63) is 63.1 Å². The Morgan fingerprint density at radius 2 is 2.22 bits per heavy atom. The number of hydrogen-bond acceptors (Lipinski definition) is 7. The minimum Gasteiger partial charge on any atom is -0.503 e. The number of aromatic nitrogens is 1. The van der Waals surface area contributed by atoms with E-state index in [0.29, 0.717) is 18.9 Å².